The van der Waals surface area contributed by atoms with Gasteiger partial charge in [-0.25, -0.2) is 0 Å². The molecule has 1 heteroatoms. The number of hydrogen-bond donors (Lipinski definition) is 0. The van der Waals surface area contributed by atoms with E-state index in [1.54, 1.807) is 0 Å². The summed E-state index contributed by atoms with van der Waals surface area (Å²) < 4.78 is 0. The van der Waals surface area contributed by atoms with Gasteiger partial charge in [-0.05, 0) is 121 Å². The second-order valence-corrected chi connectivity index (χ2v) is 13.8. The smallest absolute Gasteiger partial charge is 0.0465 e. The lowest BCUT2D eigenvalue weighted by atomic mass is 9.67. The number of fused-ring (bicyclic) bond motifs is 2. The van der Waals surface area contributed by atoms with Crippen LogP contribution < -0.4 is 4.90 Å². The summed E-state index contributed by atoms with van der Waals surface area (Å²) in [5.41, 5.74) is 15.9. The number of rotatable bonds is 6. The topological polar surface area (TPSA) is 3.24 Å². The highest BCUT2D eigenvalue weighted by Crippen LogP contribution is 2.53. The largest absolute Gasteiger partial charge is 0.310 e. The van der Waals surface area contributed by atoms with Crippen LogP contribution in [0.2, 0.25) is 0 Å². The van der Waals surface area contributed by atoms with Crippen LogP contribution in [-0.2, 0) is 5.41 Å². The quantitative estimate of drug-likeness (QED) is 0.175. The zero-order valence-electron chi connectivity index (χ0n) is 28.3. The molecule has 238 valence electrons. The van der Waals surface area contributed by atoms with Crippen LogP contribution in [0.25, 0.3) is 55.3 Å². The first-order valence-corrected chi connectivity index (χ1v) is 17.4. The van der Waals surface area contributed by atoms with Gasteiger partial charge >= 0.3 is 0 Å². The van der Waals surface area contributed by atoms with Crippen molar-refractivity contribution in [3.05, 3.63) is 199 Å². The molecular weight excluding hydrogens is 603 g/mol. The molecule has 0 radical (unpaired) electrons. The molecule has 0 heterocycles. The zero-order valence-corrected chi connectivity index (χ0v) is 28.3. The maximum atomic E-state index is 2.43. The number of hydrogen-bond acceptors (Lipinski definition) is 1. The Labute approximate surface area is 294 Å². The van der Waals surface area contributed by atoms with E-state index in [0.29, 0.717) is 0 Å². The lowest BCUT2D eigenvalue weighted by Crippen LogP contribution is -2.24. The molecule has 0 unspecified atom stereocenters. The Kier molecular flexibility index (Phi) is 7.21. The van der Waals surface area contributed by atoms with Gasteiger partial charge in [0.1, 0.15) is 0 Å². The Balaban J connectivity index is 1.30. The highest BCUT2D eigenvalue weighted by atomic mass is 15.1. The molecule has 0 saturated heterocycles. The van der Waals surface area contributed by atoms with Crippen molar-refractivity contribution < 1.29 is 0 Å². The van der Waals surface area contributed by atoms with Gasteiger partial charge in [0.25, 0.3) is 0 Å². The molecule has 0 saturated carbocycles. The summed E-state index contributed by atoms with van der Waals surface area (Å²) >= 11 is 0. The van der Waals surface area contributed by atoms with E-state index < -0.39 is 0 Å². The molecule has 0 aliphatic heterocycles. The van der Waals surface area contributed by atoms with E-state index in [9.17, 15) is 0 Å². The molecule has 9 rings (SSSR count). The standard InChI is InChI=1S/C49H37N/c1-49(2)45-25-15-20-36-26-28-43(39-31-37(34-16-7-3-8-17-34)30-38(32-39)35-18-9-4-10-19-35)48(47(36)45)44-29-27-42(33-46(44)49)50(40-21-11-5-12-22-40)41-23-13-6-14-24-41/h3-33H,1-2H3. The van der Waals surface area contributed by atoms with Crippen LogP contribution in [0, 0.1) is 0 Å². The molecule has 1 nitrogen and oxygen atoms in total. The van der Waals surface area contributed by atoms with Crippen molar-refractivity contribution in [2.45, 2.75) is 19.3 Å². The van der Waals surface area contributed by atoms with E-state index in [4.69, 9.17) is 0 Å². The Hall–Kier alpha value is -6.18. The van der Waals surface area contributed by atoms with Gasteiger partial charge in [0, 0.05) is 22.5 Å². The van der Waals surface area contributed by atoms with Gasteiger partial charge in [-0.1, -0.05) is 147 Å². The molecule has 0 amide bonds. The Bertz CT molecular complexity index is 2380. The van der Waals surface area contributed by atoms with Gasteiger partial charge in [0.2, 0.25) is 0 Å². The van der Waals surface area contributed by atoms with Crippen LogP contribution in [-0.4, -0.2) is 0 Å². The van der Waals surface area contributed by atoms with Gasteiger partial charge in [-0.2, -0.15) is 0 Å². The van der Waals surface area contributed by atoms with Crippen molar-refractivity contribution in [2.75, 3.05) is 4.90 Å². The van der Waals surface area contributed by atoms with Crippen molar-refractivity contribution in [1.29, 1.82) is 0 Å². The summed E-state index contributed by atoms with van der Waals surface area (Å²) in [4.78, 5) is 2.37. The Morgan fingerprint density at radius 1 is 0.360 bits per heavy atom. The van der Waals surface area contributed by atoms with Crippen LogP contribution in [0.3, 0.4) is 0 Å². The van der Waals surface area contributed by atoms with Crippen molar-refractivity contribution in [2.24, 2.45) is 0 Å². The molecule has 50 heavy (non-hydrogen) atoms. The minimum atomic E-state index is -0.212. The number of nitrogens with zero attached hydrogens (tertiary/aromatic N) is 1. The van der Waals surface area contributed by atoms with Crippen LogP contribution in [0.4, 0.5) is 17.1 Å². The minimum Gasteiger partial charge on any atom is -0.310 e. The lowest BCUT2D eigenvalue weighted by molar-refractivity contribution is 0.645. The van der Waals surface area contributed by atoms with Crippen LogP contribution in [0.1, 0.15) is 25.0 Å². The maximum absolute atomic E-state index is 2.43. The van der Waals surface area contributed by atoms with E-state index in [2.05, 4.69) is 207 Å². The van der Waals surface area contributed by atoms with Gasteiger partial charge < -0.3 is 4.90 Å². The van der Waals surface area contributed by atoms with Gasteiger partial charge in [-0.15, -0.1) is 0 Å². The summed E-state index contributed by atoms with van der Waals surface area (Å²) in [7, 11) is 0. The Morgan fingerprint density at radius 2 is 0.880 bits per heavy atom. The average Bonchev–Trinajstić information content (AvgIpc) is 3.18. The van der Waals surface area contributed by atoms with Crippen molar-refractivity contribution >= 4 is 27.8 Å². The molecule has 0 atom stereocenters. The summed E-state index contributed by atoms with van der Waals surface area (Å²) in [5, 5.41) is 2.63. The molecule has 1 aliphatic rings. The SMILES string of the molecule is CC1(C)c2cc(N(c3ccccc3)c3ccccc3)ccc2-c2c(-c3cc(-c4ccccc4)cc(-c4ccccc4)c3)ccc3cccc1c23. The molecule has 8 aromatic rings. The average molecular weight is 640 g/mol. The normalized spacial score (nSPS) is 12.8. The second kappa shape index (κ2) is 12.1. The first-order chi connectivity index (χ1) is 24.6. The van der Waals surface area contributed by atoms with Gasteiger partial charge in [-0.3, -0.25) is 0 Å². The first kappa shape index (κ1) is 29.9. The third-order valence-corrected chi connectivity index (χ3v) is 10.4. The zero-order chi connectivity index (χ0) is 33.7. The van der Waals surface area contributed by atoms with Gasteiger partial charge in [0.15, 0.2) is 0 Å². The molecule has 0 bridgehead atoms. The van der Waals surface area contributed by atoms with Crippen molar-refractivity contribution in [1.82, 2.24) is 0 Å². The van der Waals surface area contributed by atoms with E-state index in [0.717, 1.165) is 17.1 Å². The monoisotopic (exact) mass is 639 g/mol. The van der Waals surface area contributed by atoms with Crippen LogP contribution in [0.5, 0.6) is 0 Å². The summed E-state index contributed by atoms with van der Waals surface area (Å²) in [5.74, 6) is 0. The Morgan fingerprint density at radius 3 is 1.46 bits per heavy atom. The lowest BCUT2D eigenvalue weighted by Gasteiger charge is -2.37. The van der Waals surface area contributed by atoms with Gasteiger partial charge in [0.05, 0.1) is 0 Å². The number of para-hydroxylation sites is 2. The third-order valence-electron chi connectivity index (χ3n) is 10.4. The fourth-order valence-electron chi connectivity index (χ4n) is 7.95. The van der Waals surface area contributed by atoms with E-state index in [1.807, 2.05) is 0 Å². The van der Waals surface area contributed by atoms with E-state index >= 15 is 0 Å². The molecule has 0 aromatic heterocycles. The first-order valence-electron chi connectivity index (χ1n) is 17.4. The summed E-state index contributed by atoms with van der Waals surface area (Å²) in [6.07, 6.45) is 0. The number of benzene rings is 8. The van der Waals surface area contributed by atoms with Crippen molar-refractivity contribution in [3.8, 4) is 44.5 Å². The molecule has 8 aromatic carbocycles. The summed E-state index contributed by atoms with van der Waals surface area (Å²) in [6, 6.07) is 68.6. The van der Waals surface area contributed by atoms with E-state index in [1.165, 1.54) is 66.4 Å². The molecule has 0 N–H and O–H groups in total. The second-order valence-electron chi connectivity index (χ2n) is 13.8. The molecular formula is C49H37N. The number of anilines is 3. The predicted octanol–water partition coefficient (Wildman–Crippen LogP) is 13.6. The molecule has 0 fully saturated rings. The fraction of sp³-hybridized carbons (Fsp3) is 0.0612. The third kappa shape index (κ3) is 5.02. The highest BCUT2D eigenvalue weighted by molar-refractivity contribution is 6.10. The fourth-order valence-corrected chi connectivity index (χ4v) is 7.95. The molecule has 0 spiro atoms. The summed E-state index contributed by atoms with van der Waals surface area (Å²) in [6.45, 7) is 4.78. The van der Waals surface area contributed by atoms with E-state index in [-0.39, 0.29) is 5.41 Å². The molecule has 1 aliphatic carbocycles. The maximum Gasteiger partial charge on any atom is 0.0465 e. The minimum absolute atomic E-state index is 0.212. The van der Waals surface area contributed by atoms with Crippen molar-refractivity contribution in [3.63, 3.8) is 0 Å². The predicted molar refractivity (Wildman–Crippen MR) is 213 cm³/mol. The van der Waals surface area contributed by atoms with Crippen LogP contribution in [0.15, 0.2) is 188 Å². The van der Waals surface area contributed by atoms with Crippen LogP contribution >= 0.6 is 0 Å². The highest BCUT2D eigenvalue weighted by Gasteiger charge is 2.35.